The first-order valence-corrected chi connectivity index (χ1v) is 6.56. The molecule has 23 heavy (non-hydrogen) atoms. The Morgan fingerprint density at radius 2 is 1.96 bits per heavy atom. The molecule has 1 heterocycles. The molecule has 6 nitrogen and oxygen atoms in total. The number of alkyl halides is 3. The summed E-state index contributed by atoms with van der Waals surface area (Å²) >= 11 is 0. The number of aromatic nitrogens is 1. The van der Waals surface area contributed by atoms with E-state index in [-0.39, 0.29) is 17.9 Å². The third kappa shape index (κ3) is 5.20. The standard InChI is InChI=1S/C14H17F3N2O4/c1-8-9(4-5-10(18-8)14(15,16)17)12(22)19-13(2,7-23-3)6-11(20)21/h4-5H,6-7H2,1-3H3,(H,19,22)(H,20,21). The molecule has 9 heteroatoms. The Labute approximate surface area is 130 Å². The summed E-state index contributed by atoms with van der Waals surface area (Å²) in [6.07, 6.45) is -5.01. The maximum Gasteiger partial charge on any atom is 0.433 e. The average molecular weight is 334 g/mol. The van der Waals surface area contributed by atoms with Crippen LogP contribution in [0.25, 0.3) is 0 Å². The van der Waals surface area contributed by atoms with Crippen LogP contribution in [0.2, 0.25) is 0 Å². The number of carbonyl (C=O) groups excluding carboxylic acids is 1. The van der Waals surface area contributed by atoms with Gasteiger partial charge in [0.2, 0.25) is 0 Å². The number of nitrogens with one attached hydrogen (secondary N) is 1. The Morgan fingerprint density at radius 1 is 1.35 bits per heavy atom. The van der Waals surface area contributed by atoms with Crippen molar-refractivity contribution in [2.75, 3.05) is 13.7 Å². The molecule has 0 bridgehead atoms. The third-order valence-electron chi connectivity index (χ3n) is 3.04. The van der Waals surface area contributed by atoms with Gasteiger partial charge in [-0.05, 0) is 26.0 Å². The largest absolute Gasteiger partial charge is 0.481 e. The van der Waals surface area contributed by atoms with Gasteiger partial charge in [-0.1, -0.05) is 0 Å². The van der Waals surface area contributed by atoms with Gasteiger partial charge in [-0.15, -0.1) is 0 Å². The van der Waals surface area contributed by atoms with Crippen molar-refractivity contribution in [1.82, 2.24) is 10.3 Å². The third-order valence-corrected chi connectivity index (χ3v) is 3.04. The number of halogens is 3. The summed E-state index contributed by atoms with van der Waals surface area (Å²) in [4.78, 5) is 26.5. The molecule has 0 saturated carbocycles. The van der Waals surface area contributed by atoms with Crippen molar-refractivity contribution in [1.29, 1.82) is 0 Å². The van der Waals surface area contributed by atoms with E-state index in [1.807, 2.05) is 0 Å². The van der Waals surface area contributed by atoms with Crippen LogP contribution in [0.5, 0.6) is 0 Å². The van der Waals surface area contributed by atoms with E-state index in [1.54, 1.807) is 0 Å². The fraction of sp³-hybridized carbons (Fsp3) is 0.500. The number of hydrogen-bond donors (Lipinski definition) is 2. The quantitative estimate of drug-likeness (QED) is 0.831. The number of aliphatic carboxylic acids is 1. The highest BCUT2D eigenvalue weighted by Gasteiger charge is 2.34. The van der Waals surface area contributed by atoms with E-state index in [9.17, 15) is 22.8 Å². The summed E-state index contributed by atoms with van der Waals surface area (Å²) < 4.78 is 42.6. The molecule has 1 unspecified atom stereocenters. The molecule has 0 radical (unpaired) electrons. The van der Waals surface area contributed by atoms with Crippen molar-refractivity contribution in [3.8, 4) is 0 Å². The molecular formula is C14H17F3N2O4. The lowest BCUT2D eigenvalue weighted by atomic mass is 9.98. The average Bonchev–Trinajstić information content (AvgIpc) is 2.35. The minimum absolute atomic E-state index is 0.0642. The molecule has 0 aliphatic heterocycles. The summed E-state index contributed by atoms with van der Waals surface area (Å²) in [5.74, 6) is -1.86. The number of ether oxygens (including phenoxy) is 1. The number of nitrogens with zero attached hydrogens (tertiary/aromatic N) is 1. The van der Waals surface area contributed by atoms with E-state index in [4.69, 9.17) is 9.84 Å². The van der Waals surface area contributed by atoms with Crippen molar-refractivity contribution in [3.05, 3.63) is 29.1 Å². The van der Waals surface area contributed by atoms with Crippen molar-refractivity contribution in [3.63, 3.8) is 0 Å². The van der Waals surface area contributed by atoms with Crippen molar-refractivity contribution < 1.29 is 32.6 Å². The number of carboxylic acid groups (broad SMARTS) is 1. The molecule has 2 N–H and O–H groups in total. The Hall–Kier alpha value is -2.16. The summed E-state index contributed by atoms with van der Waals surface area (Å²) in [5.41, 5.74) is -2.47. The van der Waals surface area contributed by atoms with Gasteiger partial charge < -0.3 is 15.2 Å². The number of methoxy groups -OCH3 is 1. The molecule has 0 saturated heterocycles. The molecule has 0 aromatic carbocycles. The van der Waals surface area contributed by atoms with Crippen LogP contribution in [-0.4, -0.2) is 41.2 Å². The molecule has 1 rings (SSSR count). The minimum Gasteiger partial charge on any atom is -0.481 e. The summed E-state index contributed by atoms with van der Waals surface area (Å²) in [7, 11) is 1.34. The number of rotatable bonds is 6. The van der Waals surface area contributed by atoms with Gasteiger partial charge in [-0.25, -0.2) is 4.98 Å². The molecule has 1 atom stereocenters. The normalized spacial score (nSPS) is 14.2. The second-order valence-electron chi connectivity index (χ2n) is 5.35. The first kappa shape index (κ1) is 18.9. The van der Waals surface area contributed by atoms with Crippen LogP contribution in [-0.2, 0) is 15.7 Å². The van der Waals surface area contributed by atoms with Gasteiger partial charge in [0.05, 0.1) is 29.8 Å². The van der Waals surface area contributed by atoms with Crippen LogP contribution in [0.3, 0.4) is 0 Å². The molecule has 1 amide bonds. The predicted molar refractivity (Wildman–Crippen MR) is 74.0 cm³/mol. The van der Waals surface area contributed by atoms with Crippen molar-refractivity contribution >= 4 is 11.9 Å². The molecular weight excluding hydrogens is 317 g/mol. The number of amides is 1. The van der Waals surface area contributed by atoms with Gasteiger partial charge in [0, 0.05) is 7.11 Å². The van der Waals surface area contributed by atoms with Gasteiger partial charge >= 0.3 is 12.1 Å². The summed E-state index contributed by atoms with van der Waals surface area (Å²) in [6, 6.07) is 1.71. The van der Waals surface area contributed by atoms with E-state index in [1.165, 1.54) is 21.0 Å². The first-order valence-electron chi connectivity index (χ1n) is 6.56. The van der Waals surface area contributed by atoms with Gasteiger partial charge in [-0.2, -0.15) is 13.2 Å². The molecule has 0 spiro atoms. The second kappa shape index (κ2) is 6.95. The lowest BCUT2D eigenvalue weighted by Gasteiger charge is -2.28. The van der Waals surface area contributed by atoms with Gasteiger partial charge in [0.15, 0.2) is 0 Å². The predicted octanol–water partition coefficient (Wildman–Crippen LogP) is 2.02. The van der Waals surface area contributed by atoms with Crippen LogP contribution < -0.4 is 5.32 Å². The molecule has 0 aliphatic carbocycles. The molecule has 128 valence electrons. The Balaban J connectivity index is 3.02. The fourth-order valence-corrected chi connectivity index (χ4v) is 2.08. The second-order valence-corrected chi connectivity index (χ2v) is 5.35. The highest BCUT2D eigenvalue weighted by molar-refractivity contribution is 5.96. The van der Waals surface area contributed by atoms with E-state index in [2.05, 4.69) is 10.3 Å². The van der Waals surface area contributed by atoms with Crippen molar-refractivity contribution in [2.24, 2.45) is 0 Å². The lowest BCUT2D eigenvalue weighted by molar-refractivity contribution is -0.141. The van der Waals surface area contributed by atoms with Crippen LogP contribution in [0.15, 0.2) is 12.1 Å². The monoisotopic (exact) mass is 334 g/mol. The molecule has 0 fully saturated rings. The first-order chi connectivity index (χ1) is 10.5. The zero-order valence-corrected chi connectivity index (χ0v) is 12.8. The minimum atomic E-state index is -4.60. The smallest absolute Gasteiger partial charge is 0.433 e. The van der Waals surface area contributed by atoms with Gasteiger partial charge in [-0.3, -0.25) is 9.59 Å². The van der Waals surface area contributed by atoms with Crippen molar-refractivity contribution in [2.45, 2.75) is 32.0 Å². The maximum atomic E-state index is 12.6. The molecule has 1 aromatic rings. The summed E-state index contributed by atoms with van der Waals surface area (Å²) in [6.45, 7) is 2.67. The number of hydrogen-bond acceptors (Lipinski definition) is 4. The maximum absolute atomic E-state index is 12.6. The molecule has 1 aromatic heterocycles. The Kier molecular flexibility index (Phi) is 5.70. The number of pyridine rings is 1. The lowest BCUT2D eigenvalue weighted by Crippen LogP contribution is -2.51. The van der Waals surface area contributed by atoms with E-state index < -0.39 is 35.7 Å². The highest BCUT2D eigenvalue weighted by atomic mass is 19.4. The summed E-state index contributed by atoms with van der Waals surface area (Å²) in [5, 5.41) is 11.4. The van der Waals surface area contributed by atoms with Gasteiger partial charge in [0.25, 0.3) is 5.91 Å². The number of carboxylic acids is 1. The Morgan fingerprint density at radius 3 is 2.39 bits per heavy atom. The Bertz CT molecular complexity index is 604. The highest BCUT2D eigenvalue weighted by Crippen LogP contribution is 2.28. The molecule has 0 aliphatic rings. The van der Waals surface area contributed by atoms with E-state index >= 15 is 0 Å². The number of carbonyl (C=O) groups is 2. The van der Waals surface area contributed by atoms with Gasteiger partial charge in [0.1, 0.15) is 5.69 Å². The van der Waals surface area contributed by atoms with Crippen LogP contribution in [0.4, 0.5) is 13.2 Å². The van der Waals surface area contributed by atoms with Crippen LogP contribution in [0, 0.1) is 6.92 Å². The van der Waals surface area contributed by atoms with Crippen LogP contribution in [0.1, 0.15) is 35.1 Å². The topological polar surface area (TPSA) is 88.5 Å². The van der Waals surface area contributed by atoms with E-state index in [0.717, 1.165) is 6.07 Å². The van der Waals surface area contributed by atoms with E-state index in [0.29, 0.717) is 6.07 Å². The zero-order chi connectivity index (χ0) is 17.8. The SMILES string of the molecule is COCC(C)(CC(=O)O)NC(=O)c1ccc(C(F)(F)F)nc1C. The van der Waals surface area contributed by atoms with Crippen LogP contribution >= 0.6 is 0 Å². The zero-order valence-electron chi connectivity index (χ0n) is 12.8. The number of aryl methyl sites for hydroxylation is 1. The fourth-order valence-electron chi connectivity index (χ4n) is 2.08.